The van der Waals surface area contributed by atoms with Gasteiger partial charge >= 0.3 is 0 Å². The molecule has 166 valence electrons. The van der Waals surface area contributed by atoms with Crippen molar-refractivity contribution in [1.82, 2.24) is 19.9 Å². The molecule has 0 aliphatic rings. The number of nitrogens with zero attached hydrogens (tertiary/aromatic N) is 4. The Morgan fingerprint density at radius 1 is 1.22 bits per heavy atom. The van der Waals surface area contributed by atoms with Crippen LogP contribution in [0.3, 0.4) is 0 Å². The third-order valence-corrected chi connectivity index (χ3v) is 5.63. The molecule has 0 radical (unpaired) electrons. The van der Waals surface area contributed by atoms with Crippen molar-refractivity contribution in [2.45, 2.75) is 39.0 Å². The van der Waals surface area contributed by atoms with Crippen molar-refractivity contribution >= 4 is 17.5 Å². The number of aromatic nitrogens is 4. The summed E-state index contributed by atoms with van der Waals surface area (Å²) >= 11 is 1.13. The minimum Gasteiger partial charge on any atom is -0.478 e. The van der Waals surface area contributed by atoms with Gasteiger partial charge in [-0.15, -0.1) is 10.2 Å². The van der Waals surface area contributed by atoms with Crippen LogP contribution < -0.4 is 4.74 Å². The van der Waals surface area contributed by atoms with Crippen molar-refractivity contribution in [2.24, 2.45) is 0 Å². The molecule has 10 heteroatoms. The molecule has 4 rings (SSSR count). The van der Waals surface area contributed by atoms with E-state index >= 15 is 0 Å². The van der Waals surface area contributed by atoms with Gasteiger partial charge in [-0.2, -0.15) is 0 Å². The zero-order valence-corrected chi connectivity index (χ0v) is 18.8. The zero-order chi connectivity index (χ0) is 22.8. The molecule has 0 unspecified atom stereocenters. The zero-order valence-electron chi connectivity index (χ0n) is 18.0. The molecule has 0 aliphatic carbocycles. The lowest BCUT2D eigenvalue weighted by molar-refractivity contribution is 0.102. The van der Waals surface area contributed by atoms with Gasteiger partial charge in [0.15, 0.2) is 29.3 Å². The van der Waals surface area contributed by atoms with Crippen LogP contribution in [-0.2, 0) is 0 Å². The number of ketones is 1. The third kappa shape index (κ3) is 4.45. The summed E-state index contributed by atoms with van der Waals surface area (Å²) in [6, 6.07) is 9.72. The van der Waals surface area contributed by atoms with E-state index < -0.39 is 11.9 Å². The maximum atomic E-state index is 13.8. The molecule has 0 N–H and O–H groups in total. The molecule has 0 fully saturated rings. The van der Waals surface area contributed by atoms with Gasteiger partial charge in [0.2, 0.25) is 0 Å². The predicted octanol–water partition coefficient (Wildman–Crippen LogP) is 5.03. The van der Waals surface area contributed by atoms with E-state index in [2.05, 4.69) is 15.4 Å². The van der Waals surface area contributed by atoms with Gasteiger partial charge in [-0.05, 0) is 45.9 Å². The highest BCUT2D eigenvalue weighted by Crippen LogP contribution is 2.27. The standard InChI is InChI=1S/C22H21FN4O4S/c1-12-9-16(14(3)27(12)20-10-13(2)31-26-20)18(28)11-32-22-25-24-21(30-22)15(4)29-19-8-6-5-7-17(19)23/h5-10,15H,11H2,1-4H3/t15-/m0/s1. The fourth-order valence-electron chi connectivity index (χ4n) is 3.29. The Balaban J connectivity index is 1.41. The summed E-state index contributed by atoms with van der Waals surface area (Å²) < 4.78 is 31.9. The van der Waals surface area contributed by atoms with Crippen LogP contribution in [-0.4, -0.2) is 31.5 Å². The summed E-state index contributed by atoms with van der Waals surface area (Å²) in [6.45, 7) is 7.26. The summed E-state index contributed by atoms with van der Waals surface area (Å²) in [5.41, 5.74) is 2.24. The summed E-state index contributed by atoms with van der Waals surface area (Å²) in [5.74, 6) is 1.18. The van der Waals surface area contributed by atoms with E-state index in [0.29, 0.717) is 17.1 Å². The second-order valence-electron chi connectivity index (χ2n) is 7.22. The summed E-state index contributed by atoms with van der Waals surface area (Å²) in [6.07, 6.45) is -0.644. The number of ether oxygens (including phenoxy) is 1. The average Bonchev–Trinajstić information content (AvgIpc) is 3.47. The Kier molecular flexibility index (Phi) is 6.13. The van der Waals surface area contributed by atoms with Crippen LogP contribution in [0.1, 0.15) is 46.4 Å². The van der Waals surface area contributed by atoms with Crippen LogP contribution in [0.15, 0.2) is 50.6 Å². The number of carbonyl (C=O) groups is 1. The molecule has 0 aliphatic heterocycles. The first-order valence-electron chi connectivity index (χ1n) is 9.86. The Morgan fingerprint density at radius 3 is 2.72 bits per heavy atom. The van der Waals surface area contributed by atoms with E-state index in [9.17, 15) is 9.18 Å². The molecule has 3 aromatic heterocycles. The predicted molar refractivity (Wildman–Crippen MR) is 115 cm³/mol. The molecule has 32 heavy (non-hydrogen) atoms. The van der Waals surface area contributed by atoms with Crippen molar-refractivity contribution in [1.29, 1.82) is 0 Å². The SMILES string of the molecule is Cc1cc(-n2c(C)cc(C(=O)CSc3nnc([C@H](C)Oc4ccccc4F)o3)c2C)no1. The normalized spacial score (nSPS) is 12.2. The number of hydrogen-bond donors (Lipinski definition) is 0. The number of hydrogen-bond acceptors (Lipinski definition) is 8. The quantitative estimate of drug-likeness (QED) is 0.269. The maximum absolute atomic E-state index is 13.8. The molecule has 3 heterocycles. The number of Topliss-reactive ketones (excluding diaryl/α,β-unsaturated/α-hetero) is 1. The summed E-state index contributed by atoms with van der Waals surface area (Å²) in [4.78, 5) is 12.8. The smallest absolute Gasteiger partial charge is 0.277 e. The molecule has 8 nitrogen and oxygen atoms in total. The molecular formula is C22H21FN4O4S. The van der Waals surface area contributed by atoms with Gasteiger partial charge < -0.3 is 13.7 Å². The fourth-order valence-corrected chi connectivity index (χ4v) is 3.94. The van der Waals surface area contributed by atoms with Gasteiger partial charge in [0, 0.05) is 23.0 Å². The van der Waals surface area contributed by atoms with E-state index in [1.165, 1.54) is 12.1 Å². The monoisotopic (exact) mass is 456 g/mol. The van der Waals surface area contributed by atoms with E-state index in [0.717, 1.165) is 23.1 Å². The van der Waals surface area contributed by atoms with Crippen LogP contribution in [0.2, 0.25) is 0 Å². The van der Waals surface area contributed by atoms with Crippen molar-refractivity contribution in [2.75, 3.05) is 5.75 Å². The topological polar surface area (TPSA) is 96.2 Å². The molecule has 0 spiro atoms. The molecule has 0 bridgehead atoms. The van der Waals surface area contributed by atoms with Gasteiger partial charge in [-0.1, -0.05) is 29.1 Å². The van der Waals surface area contributed by atoms with E-state index in [1.54, 1.807) is 19.1 Å². The Labute approximate surface area is 187 Å². The van der Waals surface area contributed by atoms with Crippen molar-refractivity contribution < 1.29 is 22.9 Å². The minimum absolute atomic E-state index is 0.0787. The lowest BCUT2D eigenvalue weighted by atomic mass is 10.2. The average molecular weight is 456 g/mol. The highest BCUT2D eigenvalue weighted by Gasteiger charge is 2.21. The molecule has 0 saturated heterocycles. The molecule has 1 aromatic carbocycles. The number of rotatable bonds is 8. The van der Waals surface area contributed by atoms with Gasteiger partial charge in [-0.25, -0.2) is 4.39 Å². The van der Waals surface area contributed by atoms with Gasteiger partial charge in [0.25, 0.3) is 11.1 Å². The van der Waals surface area contributed by atoms with Crippen molar-refractivity contribution in [3.63, 3.8) is 0 Å². The van der Waals surface area contributed by atoms with Crippen LogP contribution in [0.4, 0.5) is 4.39 Å². The van der Waals surface area contributed by atoms with E-state index in [-0.39, 0.29) is 28.4 Å². The second kappa shape index (κ2) is 8.99. The number of benzene rings is 1. The first-order valence-corrected chi connectivity index (χ1v) is 10.8. The van der Waals surface area contributed by atoms with Crippen molar-refractivity contribution in [3.8, 4) is 11.6 Å². The fraction of sp³-hybridized carbons (Fsp3) is 0.273. The lowest BCUT2D eigenvalue weighted by Crippen LogP contribution is -2.05. The highest BCUT2D eigenvalue weighted by molar-refractivity contribution is 7.99. The summed E-state index contributed by atoms with van der Waals surface area (Å²) in [7, 11) is 0. The summed E-state index contributed by atoms with van der Waals surface area (Å²) in [5, 5.41) is 12.2. The Bertz CT molecular complexity index is 1260. The number of halogens is 1. The van der Waals surface area contributed by atoms with Crippen LogP contribution in [0.5, 0.6) is 5.75 Å². The van der Waals surface area contributed by atoms with Crippen LogP contribution >= 0.6 is 11.8 Å². The largest absolute Gasteiger partial charge is 0.478 e. The van der Waals surface area contributed by atoms with Gasteiger partial charge in [-0.3, -0.25) is 9.36 Å². The molecule has 0 amide bonds. The lowest BCUT2D eigenvalue weighted by Gasteiger charge is -2.11. The van der Waals surface area contributed by atoms with Crippen molar-refractivity contribution in [3.05, 3.63) is 70.8 Å². The third-order valence-electron chi connectivity index (χ3n) is 4.81. The first kappa shape index (κ1) is 21.8. The van der Waals surface area contributed by atoms with E-state index in [1.807, 2.05) is 37.5 Å². The minimum atomic E-state index is -0.644. The molecular weight excluding hydrogens is 435 g/mol. The first-order chi connectivity index (χ1) is 15.3. The highest BCUT2D eigenvalue weighted by atomic mass is 32.2. The maximum Gasteiger partial charge on any atom is 0.277 e. The Morgan fingerprint density at radius 2 is 2.00 bits per heavy atom. The molecule has 0 saturated carbocycles. The molecule has 1 atom stereocenters. The number of carbonyl (C=O) groups excluding carboxylic acids is 1. The van der Waals surface area contributed by atoms with Crippen LogP contribution in [0.25, 0.3) is 5.82 Å². The van der Waals surface area contributed by atoms with Gasteiger partial charge in [0.05, 0.1) is 5.75 Å². The van der Waals surface area contributed by atoms with Gasteiger partial charge in [0.1, 0.15) is 5.76 Å². The number of aryl methyl sites for hydroxylation is 2. The number of thioether (sulfide) groups is 1. The number of para-hydroxylation sites is 1. The molecule has 4 aromatic rings. The van der Waals surface area contributed by atoms with Crippen LogP contribution in [0, 0.1) is 26.6 Å². The van der Waals surface area contributed by atoms with E-state index in [4.69, 9.17) is 13.7 Å². The second-order valence-corrected chi connectivity index (χ2v) is 8.15. The Hall–Kier alpha value is -3.40.